The van der Waals surface area contributed by atoms with Gasteiger partial charge in [-0.1, -0.05) is 0 Å². The number of hydrogen-bond acceptors (Lipinski definition) is 3. The Morgan fingerprint density at radius 3 is 2.18 bits per heavy atom. The number of carboxylic acid groups (broad SMARTS) is 1. The van der Waals surface area contributed by atoms with Crippen LogP contribution in [0, 0.1) is 11.6 Å². The van der Waals surface area contributed by atoms with Gasteiger partial charge in [-0.3, -0.25) is 4.79 Å². The van der Waals surface area contributed by atoms with E-state index in [4.69, 9.17) is 5.11 Å². The van der Waals surface area contributed by atoms with E-state index in [1.165, 1.54) is 0 Å². The van der Waals surface area contributed by atoms with Crippen LogP contribution < -0.4 is 0 Å². The third-order valence-corrected chi connectivity index (χ3v) is 3.54. The summed E-state index contributed by atoms with van der Waals surface area (Å²) in [5, 5.41) is 8.35. The SMILES string of the molecule is O=C(O)CCS(=O)(=O)Cc1cc(F)cc(F)c1. The number of sulfone groups is 1. The van der Waals surface area contributed by atoms with Gasteiger partial charge in [0.2, 0.25) is 0 Å². The maximum Gasteiger partial charge on any atom is 0.304 e. The van der Waals surface area contributed by atoms with Gasteiger partial charge in [0, 0.05) is 6.07 Å². The molecule has 0 aliphatic heterocycles. The Labute approximate surface area is 96.8 Å². The second-order valence-corrected chi connectivity index (χ2v) is 5.70. The van der Waals surface area contributed by atoms with Gasteiger partial charge in [-0.25, -0.2) is 17.2 Å². The third kappa shape index (κ3) is 4.90. The Bertz CT molecular complexity index is 505. The molecule has 1 N–H and O–H groups in total. The van der Waals surface area contributed by atoms with Gasteiger partial charge in [0.05, 0.1) is 17.9 Å². The summed E-state index contributed by atoms with van der Waals surface area (Å²) in [6.45, 7) is 0. The van der Waals surface area contributed by atoms with Gasteiger partial charge >= 0.3 is 5.97 Å². The highest BCUT2D eigenvalue weighted by Gasteiger charge is 2.15. The molecule has 94 valence electrons. The lowest BCUT2D eigenvalue weighted by atomic mass is 10.2. The Morgan fingerprint density at radius 2 is 1.71 bits per heavy atom. The van der Waals surface area contributed by atoms with Crippen LogP contribution in [0.25, 0.3) is 0 Å². The standard InChI is InChI=1S/C10H10F2O4S/c11-8-3-7(4-9(12)5-8)6-17(15,16)2-1-10(13)14/h3-5H,1-2,6H2,(H,13,14). The van der Waals surface area contributed by atoms with Gasteiger partial charge in [-0.05, 0) is 17.7 Å². The van der Waals surface area contributed by atoms with Gasteiger partial charge in [-0.2, -0.15) is 0 Å². The van der Waals surface area contributed by atoms with Crippen molar-refractivity contribution in [2.24, 2.45) is 0 Å². The van der Waals surface area contributed by atoms with Crippen LogP contribution in [-0.4, -0.2) is 25.2 Å². The molecule has 0 spiro atoms. The Balaban J connectivity index is 2.79. The molecule has 0 bridgehead atoms. The highest BCUT2D eigenvalue weighted by Crippen LogP contribution is 2.12. The van der Waals surface area contributed by atoms with Crippen LogP contribution in [0.3, 0.4) is 0 Å². The fraction of sp³-hybridized carbons (Fsp3) is 0.300. The van der Waals surface area contributed by atoms with Crippen molar-refractivity contribution in [1.82, 2.24) is 0 Å². The molecule has 1 aromatic carbocycles. The van der Waals surface area contributed by atoms with E-state index in [-0.39, 0.29) is 5.56 Å². The Morgan fingerprint density at radius 1 is 1.18 bits per heavy atom. The molecule has 7 heteroatoms. The summed E-state index contributed by atoms with van der Waals surface area (Å²) in [7, 11) is -3.68. The van der Waals surface area contributed by atoms with Crippen molar-refractivity contribution >= 4 is 15.8 Å². The van der Waals surface area contributed by atoms with Gasteiger partial charge in [0.1, 0.15) is 11.6 Å². The zero-order valence-corrected chi connectivity index (χ0v) is 9.51. The molecule has 0 radical (unpaired) electrons. The van der Waals surface area contributed by atoms with Crippen molar-refractivity contribution in [2.45, 2.75) is 12.2 Å². The zero-order chi connectivity index (χ0) is 13.1. The first-order valence-electron chi connectivity index (χ1n) is 4.66. The predicted molar refractivity (Wildman–Crippen MR) is 56.1 cm³/mol. The number of halogens is 2. The monoisotopic (exact) mass is 264 g/mol. The Hall–Kier alpha value is -1.50. The maximum atomic E-state index is 12.8. The summed E-state index contributed by atoms with van der Waals surface area (Å²) in [6.07, 6.45) is -0.528. The largest absolute Gasteiger partial charge is 0.481 e. The van der Waals surface area contributed by atoms with E-state index in [1.54, 1.807) is 0 Å². The minimum atomic E-state index is -3.68. The number of benzene rings is 1. The van der Waals surface area contributed by atoms with Gasteiger partial charge in [0.25, 0.3) is 0 Å². The van der Waals surface area contributed by atoms with Gasteiger partial charge in [0.15, 0.2) is 9.84 Å². The lowest BCUT2D eigenvalue weighted by Gasteiger charge is -2.03. The zero-order valence-electron chi connectivity index (χ0n) is 8.69. The normalized spacial score (nSPS) is 11.4. The summed E-state index contributed by atoms with van der Waals surface area (Å²) in [6, 6.07) is 2.44. The summed E-state index contributed by atoms with van der Waals surface area (Å²) >= 11 is 0. The molecule has 0 fully saturated rings. The molecule has 0 atom stereocenters. The molecule has 1 rings (SSSR count). The van der Waals surface area contributed by atoms with Crippen molar-refractivity contribution in [2.75, 3.05) is 5.75 Å². The second-order valence-electron chi connectivity index (χ2n) is 3.51. The summed E-state index contributed by atoms with van der Waals surface area (Å²) in [4.78, 5) is 10.2. The van der Waals surface area contributed by atoms with Crippen LogP contribution in [0.2, 0.25) is 0 Å². The topological polar surface area (TPSA) is 71.4 Å². The van der Waals surface area contributed by atoms with Gasteiger partial charge < -0.3 is 5.11 Å². The molecular weight excluding hydrogens is 254 g/mol. The lowest BCUT2D eigenvalue weighted by Crippen LogP contribution is -2.13. The molecule has 1 aromatic rings. The highest BCUT2D eigenvalue weighted by molar-refractivity contribution is 7.90. The molecule has 0 aromatic heterocycles. The first-order chi connectivity index (χ1) is 7.78. The smallest absolute Gasteiger partial charge is 0.304 e. The van der Waals surface area contributed by atoms with E-state index in [9.17, 15) is 22.0 Å². The van der Waals surface area contributed by atoms with Gasteiger partial charge in [-0.15, -0.1) is 0 Å². The van der Waals surface area contributed by atoms with Crippen LogP contribution in [0.4, 0.5) is 8.78 Å². The van der Waals surface area contributed by atoms with E-state index >= 15 is 0 Å². The van der Waals surface area contributed by atoms with Crippen LogP contribution in [0.15, 0.2) is 18.2 Å². The molecule has 0 heterocycles. The number of hydrogen-bond donors (Lipinski definition) is 1. The second kappa shape index (κ2) is 5.22. The molecule has 0 aliphatic rings. The van der Waals surface area contributed by atoms with Crippen molar-refractivity contribution < 1.29 is 27.1 Å². The molecule has 0 amide bonds. The molecular formula is C10H10F2O4S. The molecule has 0 saturated carbocycles. The van der Waals surface area contributed by atoms with Crippen LogP contribution in [0.1, 0.15) is 12.0 Å². The average Bonchev–Trinajstić information content (AvgIpc) is 2.12. The maximum absolute atomic E-state index is 12.8. The predicted octanol–water partition coefficient (Wildman–Crippen LogP) is 1.35. The molecule has 0 aliphatic carbocycles. The Kier molecular flexibility index (Phi) is 4.17. The van der Waals surface area contributed by atoms with Crippen molar-refractivity contribution in [1.29, 1.82) is 0 Å². The molecule has 17 heavy (non-hydrogen) atoms. The van der Waals surface area contributed by atoms with E-state index < -0.39 is 45.4 Å². The molecule has 0 saturated heterocycles. The van der Waals surface area contributed by atoms with E-state index in [0.717, 1.165) is 12.1 Å². The van der Waals surface area contributed by atoms with Crippen LogP contribution in [0.5, 0.6) is 0 Å². The minimum absolute atomic E-state index is 0.0344. The summed E-state index contributed by atoms with van der Waals surface area (Å²) < 4.78 is 48.4. The van der Waals surface area contributed by atoms with Crippen LogP contribution in [-0.2, 0) is 20.4 Å². The van der Waals surface area contributed by atoms with E-state index in [2.05, 4.69) is 0 Å². The van der Waals surface area contributed by atoms with Crippen LogP contribution >= 0.6 is 0 Å². The highest BCUT2D eigenvalue weighted by atomic mass is 32.2. The number of carbonyl (C=O) groups is 1. The summed E-state index contributed by atoms with van der Waals surface area (Å²) in [5.74, 6) is -4.10. The van der Waals surface area contributed by atoms with E-state index in [1.807, 2.05) is 0 Å². The minimum Gasteiger partial charge on any atom is -0.481 e. The number of rotatable bonds is 5. The average molecular weight is 264 g/mol. The quantitative estimate of drug-likeness (QED) is 0.871. The molecule has 4 nitrogen and oxygen atoms in total. The van der Waals surface area contributed by atoms with Crippen molar-refractivity contribution in [3.63, 3.8) is 0 Å². The summed E-state index contributed by atoms with van der Waals surface area (Å²) in [5.41, 5.74) is -0.0344. The van der Waals surface area contributed by atoms with Crippen molar-refractivity contribution in [3.05, 3.63) is 35.4 Å². The number of aliphatic carboxylic acids is 1. The first-order valence-corrected chi connectivity index (χ1v) is 6.48. The van der Waals surface area contributed by atoms with Crippen molar-refractivity contribution in [3.8, 4) is 0 Å². The first kappa shape index (κ1) is 13.6. The fourth-order valence-electron chi connectivity index (χ4n) is 1.26. The molecule has 0 unspecified atom stereocenters. The number of carboxylic acids is 1. The van der Waals surface area contributed by atoms with E-state index in [0.29, 0.717) is 6.07 Å². The third-order valence-electron chi connectivity index (χ3n) is 1.94. The lowest BCUT2D eigenvalue weighted by molar-refractivity contribution is -0.136. The fourth-order valence-corrected chi connectivity index (χ4v) is 2.57.